The molecule has 1 saturated heterocycles. The zero-order valence-electron chi connectivity index (χ0n) is 13.2. The minimum Gasteiger partial charge on any atom is -0.383 e. The van der Waals surface area contributed by atoms with Gasteiger partial charge in [0, 0.05) is 23.8 Å². The Labute approximate surface area is 150 Å². The van der Waals surface area contributed by atoms with E-state index >= 15 is 0 Å². The minimum absolute atomic E-state index is 0.122. The zero-order chi connectivity index (χ0) is 17.3. The van der Waals surface area contributed by atoms with E-state index in [9.17, 15) is 4.79 Å². The predicted octanol–water partition coefficient (Wildman–Crippen LogP) is 2.70. The molecule has 6 nitrogen and oxygen atoms in total. The molecule has 1 aromatic heterocycles. The van der Waals surface area contributed by atoms with Crippen molar-refractivity contribution in [3.63, 3.8) is 0 Å². The van der Waals surface area contributed by atoms with Gasteiger partial charge in [0.25, 0.3) is 5.56 Å². The van der Waals surface area contributed by atoms with Crippen LogP contribution in [0.25, 0.3) is 0 Å². The summed E-state index contributed by atoms with van der Waals surface area (Å²) in [7, 11) is 0. The van der Waals surface area contributed by atoms with Crippen LogP contribution in [0.2, 0.25) is 5.02 Å². The second kappa shape index (κ2) is 6.78. The summed E-state index contributed by atoms with van der Waals surface area (Å²) in [6.07, 6.45) is 2.17. The number of nitrogens with two attached hydrogens (primary N) is 1. The first kappa shape index (κ1) is 16.7. The predicted molar refractivity (Wildman–Crippen MR) is 102 cm³/mol. The summed E-state index contributed by atoms with van der Waals surface area (Å²) in [6, 6.07) is 5.46. The molecule has 0 amide bonds. The van der Waals surface area contributed by atoms with Crippen molar-refractivity contribution in [1.29, 1.82) is 0 Å². The van der Waals surface area contributed by atoms with Gasteiger partial charge in [0.2, 0.25) is 5.95 Å². The van der Waals surface area contributed by atoms with Gasteiger partial charge in [-0.15, -0.1) is 0 Å². The second-order valence-corrected chi connectivity index (χ2v) is 6.58. The van der Waals surface area contributed by atoms with Crippen LogP contribution >= 0.6 is 23.8 Å². The number of nitrogens with one attached hydrogen (secondary N) is 2. The molecule has 0 atom stereocenters. The van der Waals surface area contributed by atoms with Gasteiger partial charge >= 0.3 is 0 Å². The van der Waals surface area contributed by atoms with Gasteiger partial charge in [0.15, 0.2) is 0 Å². The fraction of sp³-hybridized carbons (Fsp3) is 0.312. The molecule has 0 aliphatic carbocycles. The van der Waals surface area contributed by atoms with E-state index in [1.807, 2.05) is 24.0 Å². The lowest BCUT2D eigenvalue weighted by Crippen LogP contribution is -2.30. The number of thiocarbonyl (C=S) groups is 1. The maximum atomic E-state index is 12.4. The molecule has 0 unspecified atom stereocenters. The lowest BCUT2D eigenvalue weighted by atomic mass is 10.2. The Balaban J connectivity index is 1.86. The number of aryl methyl sites for hydroxylation is 1. The molecule has 2 aromatic rings. The highest BCUT2D eigenvalue weighted by Crippen LogP contribution is 2.21. The number of rotatable bonds is 3. The summed E-state index contributed by atoms with van der Waals surface area (Å²) in [6.45, 7) is 3.65. The third-order valence-corrected chi connectivity index (χ3v) is 4.71. The molecule has 1 aromatic carbocycles. The highest BCUT2D eigenvalue weighted by atomic mass is 35.5. The van der Waals surface area contributed by atoms with Gasteiger partial charge in [0.05, 0.1) is 0 Å². The van der Waals surface area contributed by atoms with E-state index in [-0.39, 0.29) is 21.9 Å². The number of H-pyrrole nitrogens is 1. The van der Waals surface area contributed by atoms with Crippen LogP contribution in [0.5, 0.6) is 0 Å². The van der Waals surface area contributed by atoms with Gasteiger partial charge < -0.3 is 16.0 Å². The molecule has 1 aliphatic rings. The average molecular weight is 364 g/mol. The Kier molecular flexibility index (Phi) is 4.73. The van der Waals surface area contributed by atoms with Crippen molar-refractivity contribution in [2.45, 2.75) is 19.8 Å². The summed E-state index contributed by atoms with van der Waals surface area (Å²) in [4.78, 5) is 21.7. The zero-order valence-corrected chi connectivity index (χ0v) is 14.8. The molecule has 0 radical (unpaired) electrons. The van der Waals surface area contributed by atoms with Gasteiger partial charge in [-0.25, -0.2) is 0 Å². The first-order valence-electron chi connectivity index (χ1n) is 7.68. The fourth-order valence-electron chi connectivity index (χ4n) is 2.64. The van der Waals surface area contributed by atoms with Gasteiger partial charge in [0.1, 0.15) is 16.4 Å². The molecule has 8 heteroatoms. The van der Waals surface area contributed by atoms with E-state index in [0.29, 0.717) is 16.7 Å². The molecule has 2 heterocycles. The molecule has 0 spiro atoms. The lowest BCUT2D eigenvalue weighted by molar-refractivity contribution is 0.891. The van der Waals surface area contributed by atoms with Crippen LogP contribution in [0.4, 0.5) is 17.5 Å². The highest BCUT2D eigenvalue weighted by molar-refractivity contribution is 7.81. The van der Waals surface area contributed by atoms with Crippen molar-refractivity contribution in [2.75, 3.05) is 29.0 Å². The normalized spacial score (nSPS) is 14.0. The van der Waals surface area contributed by atoms with Gasteiger partial charge in [-0.3, -0.25) is 9.78 Å². The number of hydrogen-bond donors (Lipinski definition) is 3. The summed E-state index contributed by atoms with van der Waals surface area (Å²) in [5.74, 6) is 0.622. The van der Waals surface area contributed by atoms with Crippen molar-refractivity contribution < 1.29 is 0 Å². The van der Waals surface area contributed by atoms with Crippen LogP contribution < -0.4 is 21.5 Å². The van der Waals surface area contributed by atoms with Crippen molar-refractivity contribution in [2.24, 2.45) is 0 Å². The van der Waals surface area contributed by atoms with Crippen LogP contribution in [0.15, 0.2) is 23.0 Å². The maximum absolute atomic E-state index is 12.4. The molecule has 4 N–H and O–H groups in total. The average Bonchev–Trinajstić information content (AvgIpc) is 3.04. The van der Waals surface area contributed by atoms with Crippen molar-refractivity contribution >= 4 is 46.3 Å². The third kappa shape index (κ3) is 3.37. The van der Waals surface area contributed by atoms with Crippen molar-refractivity contribution in [3.8, 4) is 0 Å². The molecule has 24 heavy (non-hydrogen) atoms. The Hall–Kier alpha value is -2.12. The number of hydrogen-bond acceptors (Lipinski definition) is 5. The summed E-state index contributed by atoms with van der Waals surface area (Å²) in [5, 5.41) is 3.61. The lowest BCUT2D eigenvalue weighted by Gasteiger charge is -2.17. The quantitative estimate of drug-likeness (QED) is 0.727. The van der Waals surface area contributed by atoms with Gasteiger partial charge in [-0.2, -0.15) is 4.98 Å². The highest BCUT2D eigenvalue weighted by Gasteiger charge is 2.19. The van der Waals surface area contributed by atoms with E-state index in [4.69, 9.17) is 29.6 Å². The minimum atomic E-state index is -0.347. The largest absolute Gasteiger partial charge is 0.383 e. The fourth-order valence-corrected chi connectivity index (χ4v) is 3.14. The molecular formula is C16H18ClN5OS. The topological polar surface area (TPSA) is 87.0 Å². The maximum Gasteiger partial charge on any atom is 0.264 e. The molecular weight excluding hydrogens is 346 g/mol. The number of nitrogens with zero attached hydrogens (tertiary/aromatic N) is 2. The Morgan fingerprint density at radius 2 is 2.12 bits per heavy atom. The van der Waals surface area contributed by atoms with Gasteiger partial charge in [-0.05, 0) is 37.5 Å². The number of aromatic nitrogens is 2. The molecule has 1 fully saturated rings. The van der Waals surface area contributed by atoms with Gasteiger partial charge in [-0.1, -0.05) is 29.9 Å². The van der Waals surface area contributed by atoms with E-state index in [0.717, 1.165) is 31.5 Å². The van der Waals surface area contributed by atoms with Crippen LogP contribution in [0.1, 0.15) is 24.0 Å². The third-order valence-electron chi connectivity index (χ3n) is 4.00. The number of benzene rings is 1. The smallest absolute Gasteiger partial charge is 0.264 e. The Morgan fingerprint density at radius 3 is 2.75 bits per heavy atom. The first-order valence-corrected chi connectivity index (χ1v) is 8.46. The molecule has 0 bridgehead atoms. The van der Waals surface area contributed by atoms with Crippen molar-refractivity contribution in [3.05, 3.63) is 44.7 Å². The number of nitrogen functional groups attached to an aromatic ring is 1. The van der Waals surface area contributed by atoms with Crippen LogP contribution in [0, 0.1) is 6.92 Å². The molecule has 126 valence electrons. The Bertz CT molecular complexity index is 845. The summed E-state index contributed by atoms with van der Waals surface area (Å²) >= 11 is 11.4. The monoisotopic (exact) mass is 363 g/mol. The van der Waals surface area contributed by atoms with E-state index in [1.165, 1.54) is 0 Å². The Morgan fingerprint density at radius 1 is 1.42 bits per heavy atom. The summed E-state index contributed by atoms with van der Waals surface area (Å²) in [5.41, 5.74) is 7.46. The van der Waals surface area contributed by atoms with E-state index < -0.39 is 0 Å². The van der Waals surface area contributed by atoms with Crippen molar-refractivity contribution in [1.82, 2.24) is 9.97 Å². The number of halogens is 1. The molecule has 3 rings (SSSR count). The standard InChI is InChI=1S/C16H18ClN5OS/c1-9-4-5-10(8-11(9)17)19-15(24)12-13(18)20-16(21-14(12)23)22-6-2-3-7-22/h4-5,8H,2-3,6-7H2,1H3,(H,19,24)(H3,18,20,21,23). The molecule has 0 saturated carbocycles. The SMILES string of the molecule is Cc1ccc(NC(=S)c2c(N)nc(N3CCCC3)[nH]c2=O)cc1Cl. The number of anilines is 3. The summed E-state index contributed by atoms with van der Waals surface area (Å²) < 4.78 is 0. The van der Waals surface area contributed by atoms with Crippen LogP contribution in [-0.2, 0) is 0 Å². The second-order valence-electron chi connectivity index (χ2n) is 5.76. The number of aromatic amines is 1. The van der Waals surface area contributed by atoms with E-state index in [2.05, 4.69) is 15.3 Å². The van der Waals surface area contributed by atoms with Crippen LogP contribution in [0.3, 0.4) is 0 Å². The van der Waals surface area contributed by atoms with E-state index in [1.54, 1.807) is 6.07 Å². The van der Waals surface area contributed by atoms with Crippen LogP contribution in [-0.4, -0.2) is 28.0 Å². The molecule has 1 aliphatic heterocycles. The first-order chi connectivity index (χ1) is 11.5.